The maximum absolute atomic E-state index is 13.8. The Morgan fingerprint density at radius 2 is 1.88 bits per heavy atom. The van der Waals surface area contributed by atoms with Crippen LogP contribution in [-0.2, 0) is 0 Å². The van der Waals surface area contributed by atoms with Crippen LogP contribution < -0.4 is 10.9 Å². The van der Waals surface area contributed by atoms with E-state index in [0.717, 1.165) is 28.7 Å². The van der Waals surface area contributed by atoms with Crippen LogP contribution >= 0.6 is 11.6 Å². The molecule has 3 heterocycles. The summed E-state index contributed by atoms with van der Waals surface area (Å²) in [6, 6.07) is 17.0. The summed E-state index contributed by atoms with van der Waals surface area (Å²) in [5, 5.41) is 5.31. The van der Waals surface area contributed by atoms with Gasteiger partial charge in [0.25, 0.3) is 5.56 Å². The molecule has 5 rings (SSSR count). The van der Waals surface area contributed by atoms with Gasteiger partial charge in [0.15, 0.2) is 11.5 Å². The number of hydrogen-bond donors (Lipinski definition) is 2. The lowest BCUT2D eigenvalue weighted by molar-refractivity contribution is 0.516. The molecular weight excluding hydrogens is 436 g/mol. The minimum absolute atomic E-state index is 0.149. The molecule has 2 N–H and O–H groups in total. The van der Waals surface area contributed by atoms with E-state index >= 15 is 0 Å². The summed E-state index contributed by atoms with van der Waals surface area (Å²) in [4.78, 5) is 29.8. The Bertz CT molecular complexity index is 1490. The second kappa shape index (κ2) is 8.67. The van der Waals surface area contributed by atoms with Crippen LogP contribution in [0.4, 0.5) is 5.82 Å². The third-order valence-corrected chi connectivity index (χ3v) is 5.95. The number of halogens is 1. The first-order valence-corrected chi connectivity index (χ1v) is 11.2. The van der Waals surface area contributed by atoms with E-state index in [1.807, 2.05) is 48.5 Å². The summed E-state index contributed by atoms with van der Waals surface area (Å²) >= 11 is 6.46. The van der Waals surface area contributed by atoms with Crippen LogP contribution in [0.15, 0.2) is 72.0 Å². The summed E-state index contributed by atoms with van der Waals surface area (Å²) < 4.78 is 1.75. The number of aromatic nitrogens is 5. The molecule has 0 saturated heterocycles. The molecule has 0 aliphatic carbocycles. The van der Waals surface area contributed by atoms with Gasteiger partial charge in [0, 0.05) is 11.4 Å². The fourth-order valence-electron chi connectivity index (χ4n) is 4.20. The molecule has 0 fully saturated rings. The number of rotatable bonds is 6. The number of pyridine rings is 1. The van der Waals surface area contributed by atoms with Crippen molar-refractivity contribution in [2.24, 2.45) is 5.92 Å². The van der Waals surface area contributed by atoms with Gasteiger partial charge in [-0.05, 0) is 42.0 Å². The molecule has 5 aromatic rings. The Labute approximate surface area is 195 Å². The molecule has 0 bridgehead atoms. The number of hydrogen-bond acceptors (Lipinski definition) is 5. The first-order valence-electron chi connectivity index (χ1n) is 10.8. The van der Waals surface area contributed by atoms with E-state index in [-0.39, 0.29) is 11.6 Å². The Morgan fingerprint density at radius 1 is 1.06 bits per heavy atom. The summed E-state index contributed by atoms with van der Waals surface area (Å²) in [5.41, 5.74) is 2.78. The maximum atomic E-state index is 13.8. The SMILES string of the molecule is CC(C)CC(Nc1ncnc2nc[nH]c12)c1cc2cccc(Cl)c2c(=O)n1-c1ccccc1. The van der Waals surface area contributed by atoms with Gasteiger partial charge in [-0.2, -0.15) is 0 Å². The number of nitrogens with one attached hydrogen (secondary N) is 2. The van der Waals surface area contributed by atoms with Crippen LogP contribution in [0.2, 0.25) is 5.02 Å². The standard InChI is InChI=1S/C25H23ClN6O/c1-15(2)11-19(31-24-22-23(28-13-27-22)29-14-30-24)20-12-16-7-6-10-18(26)21(16)25(33)32(20)17-8-4-3-5-9-17/h3-10,12-15,19H,11H2,1-2H3,(H2,27,28,29,30,31). The van der Waals surface area contributed by atoms with Crippen LogP contribution in [0.5, 0.6) is 0 Å². The van der Waals surface area contributed by atoms with Crippen LogP contribution in [0.3, 0.4) is 0 Å². The number of para-hydroxylation sites is 1. The number of anilines is 1. The van der Waals surface area contributed by atoms with Crippen molar-refractivity contribution < 1.29 is 0 Å². The highest BCUT2D eigenvalue weighted by Gasteiger charge is 2.23. The predicted octanol–water partition coefficient (Wildman–Crippen LogP) is 5.51. The van der Waals surface area contributed by atoms with Crippen molar-refractivity contribution in [3.63, 3.8) is 0 Å². The zero-order valence-electron chi connectivity index (χ0n) is 18.3. The molecule has 2 aromatic carbocycles. The molecule has 0 aliphatic heterocycles. The quantitative estimate of drug-likeness (QED) is 0.350. The zero-order chi connectivity index (χ0) is 22.9. The molecule has 0 saturated carbocycles. The van der Waals surface area contributed by atoms with Crippen molar-refractivity contribution in [3.05, 3.63) is 88.3 Å². The van der Waals surface area contributed by atoms with Crippen molar-refractivity contribution in [2.45, 2.75) is 26.3 Å². The highest BCUT2D eigenvalue weighted by Crippen LogP contribution is 2.31. The van der Waals surface area contributed by atoms with Crippen molar-refractivity contribution in [1.29, 1.82) is 0 Å². The highest BCUT2D eigenvalue weighted by atomic mass is 35.5. The van der Waals surface area contributed by atoms with Gasteiger partial charge in [-0.3, -0.25) is 9.36 Å². The van der Waals surface area contributed by atoms with Gasteiger partial charge in [0.2, 0.25) is 0 Å². The lowest BCUT2D eigenvalue weighted by Gasteiger charge is -2.26. The Kier molecular flexibility index (Phi) is 5.56. The fourth-order valence-corrected chi connectivity index (χ4v) is 4.47. The van der Waals surface area contributed by atoms with Crippen LogP contribution in [-0.4, -0.2) is 24.5 Å². The highest BCUT2D eigenvalue weighted by molar-refractivity contribution is 6.35. The van der Waals surface area contributed by atoms with Gasteiger partial charge in [0.1, 0.15) is 11.8 Å². The van der Waals surface area contributed by atoms with Crippen molar-refractivity contribution in [3.8, 4) is 5.69 Å². The summed E-state index contributed by atoms with van der Waals surface area (Å²) in [5.74, 6) is 0.998. The van der Waals surface area contributed by atoms with Gasteiger partial charge in [-0.25, -0.2) is 15.0 Å². The third kappa shape index (κ3) is 3.96. The van der Waals surface area contributed by atoms with Gasteiger partial charge in [-0.1, -0.05) is 55.8 Å². The smallest absolute Gasteiger partial charge is 0.264 e. The molecule has 0 radical (unpaired) electrons. The lowest BCUT2D eigenvalue weighted by Crippen LogP contribution is -2.27. The number of aromatic amines is 1. The molecule has 166 valence electrons. The van der Waals surface area contributed by atoms with Crippen molar-refractivity contribution >= 4 is 39.4 Å². The van der Waals surface area contributed by atoms with Crippen molar-refractivity contribution in [1.82, 2.24) is 24.5 Å². The van der Waals surface area contributed by atoms with E-state index in [2.05, 4.69) is 39.1 Å². The molecule has 8 heteroatoms. The number of imidazole rings is 1. The summed E-state index contributed by atoms with van der Waals surface area (Å²) in [7, 11) is 0. The molecule has 0 aliphatic rings. The molecule has 0 amide bonds. The second-order valence-electron chi connectivity index (χ2n) is 8.40. The maximum Gasteiger partial charge on any atom is 0.264 e. The summed E-state index contributed by atoms with van der Waals surface area (Å²) in [6.45, 7) is 4.31. The molecule has 3 aromatic heterocycles. The first-order chi connectivity index (χ1) is 16.0. The van der Waals surface area contributed by atoms with E-state index in [1.165, 1.54) is 6.33 Å². The summed E-state index contributed by atoms with van der Waals surface area (Å²) in [6.07, 6.45) is 3.86. The monoisotopic (exact) mass is 458 g/mol. The van der Waals surface area contributed by atoms with Gasteiger partial charge in [0.05, 0.1) is 22.8 Å². The van der Waals surface area contributed by atoms with Crippen molar-refractivity contribution in [2.75, 3.05) is 5.32 Å². The lowest BCUT2D eigenvalue weighted by atomic mass is 9.98. The second-order valence-corrected chi connectivity index (χ2v) is 8.81. The largest absolute Gasteiger partial charge is 0.360 e. The number of nitrogens with zero attached hydrogens (tertiary/aromatic N) is 4. The average Bonchev–Trinajstić information content (AvgIpc) is 3.29. The van der Waals surface area contributed by atoms with E-state index < -0.39 is 0 Å². The number of fused-ring (bicyclic) bond motifs is 2. The molecular formula is C25H23ClN6O. The molecule has 7 nitrogen and oxygen atoms in total. The molecule has 33 heavy (non-hydrogen) atoms. The molecule has 1 atom stereocenters. The minimum Gasteiger partial charge on any atom is -0.360 e. The van der Waals surface area contributed by atoms with E-state index in [9.17, 15) is 4.79 Å². The third-order valence-electron chi connectivity index (χ3n) is 5.64. The molecule has 1 unspecified atom stereocenters. The van der Waals surface area contributed by atoms with E-state index in [4.69, 9.17) is 11.6 Å². The molecule has 0 spiro atoms. The Balaban J connectivity index is 1.76. The van der Waals surface area contributed by atoms with E-state index in [0.29, 0.717) is 27.8 Å². The Hall–Kier alpha value is -3.71. The first kappa shape index (κ1) is 21.2. The van der Waals surface area contributed by atoms with Crippen LogP contribution in [0, 0.1) is 5.92 Å². The number of H-pyrrole nitrogens is 1. The zero-order valence-corrected chi connectivity index (χ0v) is 19.0. The topological polar surface area (TPSA) is 88.5 Å². The average molecular weight is 459 g/mol. The van der Waals surface area contributed by atoms with Crippen LogP contribution in [0.25, 0.3) is 27.6 Å². The van der Waals surface area contributed by atoms with Gasteiger partial charge in [-0.15, -0.1) is 0 Å². The predicted molar refractivity (Wildman–Crippen MR) is 132 cm³/mol. The fraction of sp³-hybridized carbons (Fsp3) is 0.200. The van der Waals surface area contributed by atoms with Crippen LogP contribution in [0.1, 0.15) is 32.0 Å². The normalized spacial score (nSPS) is 12.5. The van der Waals surface area contributed by atoms with Gasteiger partial charge < -0.3 is 10.3 Å². The van der Waals surface area contributed by atoms with Gasteiger partial charge >= 0.3 is 0 Å². The number of benzene rings is 2. The van der Waals surface area contributed by atoms with E-state index in [1.54, 1.807) is 17.0 Å². The minimum atomic E-state index is -0.206. The Morgan fingerprint density at radius 3 is 2.67 bits per heavy atom.